The van der Waals surface area contributed by atoms with Crippen LogP contribution in [0.5, 0.6) is 5.75 Å². The van der Waals surface area contributed by atoms with Crippen LogP contribution >= 0.6 is 0 Å². The van der Waals surface area contributed by atoms with Gasteiger partial charge in [0.1, 0.15) is 5.75 Å². The van der Waals surface area contributed by atoms with Crippen molar-refractivity contribution >= 4 is 17.3 Å². The van der Waals surface area contributed by atoms with E-state index in [2.05, 4.69) is 15.4 Å². The molecule has 0 saturated carbocycles. The maximum Gasteiger partial charge on any atom is 0.387 e. The van der Waals surface area contributed by atoms with E-state index in [-0.39, 0.29) is 17.7 Å². The number of piperazine rings is 1. The van der Waals surface area contributed by atoms with E-state index in [1.165, 1.54) is 12.1 Å². The SMILES string of the molecule is CC1CN(C(=O)c2ccccc2Nc2ccc(OC(F)F)cc2)CCN1. The van der Waals surface area contributed by atoms with Crippen molar-refractivity contribution in [1.82, 2.24) is 10.2 Å². The van der Waals surface area contributed by atoms with Crippen molar-refractivity contribution in [3.8, 4) is 5.75 Å². The Morgan fingerprint density at radius 2 is 1.96 bits per heavy atom. The zero-order valence-corrected chi connectivity index (χ0v) is 14.4. The number of alkyl halides is 2. The Hall–Kier alpha value is -2.67. The largest absolute Gasteiger partial charge is 0.435 e. The van der Waals surface area contributed by atoms with Gasteiger partial charge in [0, 0.05) is 31.4 Å². The Labute approximate surface area is 151 Å². The zero-order valence-electron chi connectivity index (χ0n) is 14.4. The zero-order chi connectivity index (χ0) is 18.5. The van der Waals surface area contributed by atoms with E-state index >= 15 is 0 Å². The molecule has 2 N–H and O–H groups in total. The van der Waals surface area contributed by atoms with Gasteiger partial charge in [-0.3, -0.25) is 4.79 Å². The number of hydrogen-bond acceptors (Lipinski definition) is 4. The summed E-state index contributed by atoms with van der Waals surface area (Å²) in [6.45, 7) is 1.29. The fraction of sp³-hybridized carbons (Fsp3) is 0.316. The number of anilines is 2. The summed E-state index contributed by atoms with van der Waals surface area (Å²) in [5.74, 6) is 0.0591. The number of nitrogens with zero attached hydrogens (tertiary/aromatic N) is 1. The molecule has 1 aliphatic rings. The number of nitrogens with one attached hydrogen (secondary N) is 2. The molecule has 138 valence electrons. The second kappa shape index (κ2) is 8.14. The van der Waals surface area contributed by atoms with Gasteiger partial charge in [0.15, 0.2) is 0 Å². The minimum Gasteiger partial charge on any atom is -0.435 e. The third kappa shape index (κ3) is 4.49. The normalized spacial score (nSPS) is 17.2. The molecule has 1 saturated heterocycles. The van der Waals surface area contributed by atoms with Crippen molar-refractivity contribution in [3.63, 3.8) is 0 Å². The number of halogens is 2. The molecule has 1 heterocycles. The first kappa shape index (κ1) is 18.1. The highest BCUT2D eigenvalue weighted by atomic mass is 19.3. The van der Waals surface area contributed by atoms with Crippen LogP contribution in [0.1, 0.15) is 17.3 Å². The summed E-state index contributed by atoms with van der Waals surface area (Å²) in [6, 6.07) is 13.7. The van der Waals surface area contributed by atoms with E-state index < -0.39 is 6.61 Å². The van der Waals surface area contributed by atoms with E-state index in [1.807, 2.05) is 30.0 Å². The van der Waals surface area contributed by atoms with Crippen molar-refractivity contribution in [2.24, 2.45) is 0 Å². The molecule has 1 unspecified atom stereocenters. The summed E-state index contributed by atoms with van der Waals surface area (Å²) in [6.07, 6.45) is 0. The predicted octanol–water partition coefficient (Wildman–Crippen LogP) is 3.47. The molecule has 1 fully saturated rings. The lowest BCUT2D eigenvalue weighted by molar-refractivity contribution is -0.0498. The van der Waals surface area contributed by atoms with Gasteiger partial charge in [0.05, 0.1) is 11.3 Å². The van der Waals surface area contributed by atoms with Crippen LogP contribution in [0.3, 0.4) is 0 Å². The van der Waals surface area contributed by atoms with Gasteiger partial charge in [-0.2, -0.15) is 8.78 Å². The lowest BCUT2D eigenvalue weighted by Gasteiger charge is -2.32. The van der Waals surface area contributed by atoms with Gasteiger partial charge in [-0.15, -0.1) is 0 Å². The monoisotopic (exact) mass is 361 g/mol. The van der Waals surface area contributed by atoms with Crippen LogP contribution in [0.4, 0.5) is 20.2 Å². The van der Waals surface area contributed by atoms with Gasteiger partial charge in [-0.1, -0.05) is 12.1 Å². The molecular weight excluding hydrogens is 340 g/mol. The smallest absolute Gasteiger partial charge is 0.387 e. The van der Waals surface area contributed by atoms with Crippen molar-refractivity contribution in [1.29, 1.82) is 0 Å². The van der Waals surface area contributed by atoms with Crippen molar-refractivity contribution in [3.05, 3.63) is 54.1 Å². The number of rotatable bonds is 5. The van der Waals surface area contributed by atoms with Gasteiger partial charge in [-0.25, -0.2) is 0 Å². The Bertz CT molecular complexity index is 753. The molecule has 7 heteroatoms. The van der Waals surface area contributed by atoms with Crippen molar-refractivity contribution < 1.29 is 18.3 Å². The van der Waals surface area contributed by atoms with E-state index in [4.69, 9.17) is 0 Å². The molecule has 0 bridgehead atoms. The van der Waals surface area contributed by atoms with Gasteiger partial charge in [0.2, 0.25) is 0 Å². The first-order valence-corrected chi connectivity index (χ1v) is 8.46. The molecule has 3 rings (SSSR count). The molecule has 26 heavy (non-hydrogen) atoms. The minimum atomic E-state index is -2.85. The maximum absolute atomic E-state index is 12.9. The molecular formula is C19H21F2N3O2. The Kier molecular flexibility index (Phi) is 5.68. The van der Waals surface area contributed by atoms with Gasteiger partial charge in [-0.05, 0) is 43.3 Å². The first-order valence-electron chi connectivity index (χ1n) is 8.46. The average molecular weight is 361 g/mol. The van der Waals surface area contributed by atoms with Crippen LogP contribution in [0, 0.1) is 0 Å². The number of carbonyl (C=O) groups excluding carboxylic acids is 1. The molecule has 0 spiro atoms. The molecule has 5 nitrogen and oxygen atoms in total. The number of para-hydroxylation sites is 1. The third-order valence-electron chi connectivity index (χ3n) is 4.17. The fourth-order valence-electron chi connectivity index (χ4n) is 2.94. The fourth-order valence-corrected chi connectivity index (χ4v) is 2.94. The first-order chi connectivity index (χ1) is 12.5. The van der Waals surface area contributed by atoms with Gasteiger partial charge < -0.3 is 20.3 Å². The number of carbonyl (C=O) groups is 1. The number of amides is 1. The van der Waals surface area contributed by atoms with Crippen LogP contribution < -0.4 is 15.4 Å². The summed E-state index contributed by atoms with van der Waals surface area (Å²) in [4.78, 5) is 14.7. The van der Waals surface area contributed by atoms with Crippen LogP contribution in [0.2, 0.25) is 0 Å². The molecule has 0 radical (unpaired) electrons. The predicted molar refractivity (Wildman–Crippen MR) is 96.2 cm³/mol. The standard InChI is InChI=1S/C19H21F2N3O2/c1-13-12-24(11-10-22-13)18(25)16-4-2-3-5-17(16)23-14-6-8-15(9-7-14)26-19(20)21/h2-9,13,19,22-23H,10-12H2,1H3. The van der Waals surface area contributed by atoms with Crippen molar-refractivity contribution in [2.75, 3.05) is 25.0 Å². The molecule has 1 aliphatic heterocycles. The highest BCUT2D eigenvalue weighted by molar-refractivity contribution is 6.00. The van der Waals surface area contributed by atoms with E-state index in [0.29, 0.717) is 30.0 Å². The second-order valence-corrected chi connectivity index (χ2v) is 6.18. The lowest BCUT2D eigenvalue weighted by Crippen LogP contribution is -2.51. The lowest BCUT2D eigenvalue weighted by atomic mass is 10.1. The Morgan fingerprint density at radius 3 is 2.65 bits per heavy atom. The quantitative estimate of drug-likeness (QED) is 0.856. The third-order valence-corrected chi connectivity index (χ3v) is 4.17. The summed E-state index contributed by atoms with van der Waals surface area (Å²) in [7, 11) is 0. The van der Waals surface area contributed by atoms with Crippen molar-refractivity contribution in [2.45, 2.75) is 19.6 Å². The number of hydrogen-bond donors (Lipinski definition) is 2. The summed E-state index contributed by atoms with van der Waals surface area (Å²) in [5.41, 5.74) is 1.93. The molecule has 1 atom stereocenters. The van der Waals surface area contributed by atoms with Gasteiger partial charge >= 0.3 is 6.61 Å². The molecule has 1 amide bonds. The Balaban J connectivity index is 1.75. The van der Waals surface area contributed by atoms with Crippen LogP contribution in [-0.4, -0.2) is 43.1 Å². The average Bonchev–Trinajstić information content (AvgIpc) is 2.63. The van der Waals surface area contributed by atoms with Crippen LogP contribution in [0.15, 0.2) is 48.5 Å². The summed E-state index contributed by atoms with van der Waals surface area (Å²) < 4.78 is 28.8. The number of ether oxygens (including phenoxy) is 1. The highest BCUT2D eigenvalue weighted by Gasteiger charge is 2.23. The minimum absolute atomic E-state index is 0.0286. The van der Waals surface area contributed by atoms with Crippen LogP contribution in [-0.2, 0) is 0 Å². The van der Waals surface area contributed by atoms with Crippen LogP contribution in [0.25, 0.3) is 0 Å². The highest BCUT2D eigenvalue weighted by Crippen LogP contribution is 2.25. The number of benzene rings is 2. The molecule has 0 aliphatic carbocycles. The van der Waals surface area contributed by atoms with E-state index in [0.717, 1.165) is 6.54 Å². The molecule has 0 aromatic heterocycles. The topological polar surface area (TPSA) is 53.6 Å². The Morgan fingerprint density at radius 1 is 1.23 bits per heavy atom. The van der Waals surface area contributed by atoms with E-state index in [1.54, 1.807) is 18.2 Å². The maximum atomic E-state index is 12.9. The molecule has 2 aromatic rings. The summed E-state index contributed by atoms with van der Waals surface area (Å²) >= 11 is 0. The second-order valence-electron chi connectivity index (χ2n) is 6.18. The van der Waals surface area contributed by atoms with E-state index in [9.17, 15) is 13.6 Å². The van der Waals surface area contributed by atoms with Gasteiger partial charge in [0.25, 0.3) is 5.91 Å². The summed E-state index contributed by atoms with van der Waals surface area (Å²) in [5, 5.41) is 6.49. The molecule has 2 aromatic carbocycles.